The molecule has 0 N–H and O–H groups in total. The lowest BCUT2D eigenvalue weighted by molar-refractivity contribution is -0.149. The number of ether oxygens (including phenoxy) is 5. The van der Waals surface area contributed by atoms with Crippen molar-refractivity contribution in [1.82, 2.24) is 34.5 Å². The van der Waals surface area contributed by atoms with Gasteiger partial charge in [0.2, 0.25) is 11.7 Å². The van der Waals surface area contributed by atoms with Gasteiger partial charge < -0.3 is 61.0 Å². The maximum atomic E-state index is 14.1. The number of amides is 3. The maximum absolute atomic E-state index is 14.1. The monoisotopic (exact) mass is 1500 g/mol. The van der Waals surface area contributed by atoms with Crippen LogP contribution in [-0.4, -0.2) is 146 Å². The number of aryl methyl sites for hydroxylation is 1. The van der Waals surface area contributed by atoms with E-state index in [9.17, 15) is 42.7 Å². The predicted molar refractivity (Wildman–Crippen MR) is 403 cm³/mol. The fraction of sp³-hybridized carbons (Fsp3) is 0.294. The Hall–Kier alpha value is -12.5. The molecule has 0 aliphatic carbocycles. The largest absolute Gasteiger partial charge is 0.468 e. The van der Waals surface area contributed by atoms with Gasteiger partial charge in [0, 0.05) is 63.9 Å². The minimum atomic E-state index is -0.651. The molecule has 574 valence electrons. The van der Waals surface area contributed by atoms with Crippen molar-refractivity contribution in [2.45, 2.75) is 118 Å². The molecule has 0 saturated carbocycles. The molecule has 25 heteroatoms. The standard InChI is InChI=1S/C19H19FN2O2.C17H18N2O4.C17H17NO4.C16H17NO4.C16H19NO3/c1-3-24-19(23)17-11-14-7-4-5-8-15(14)12-22(17)13(2)16-9-6-10-21-18(16)20;1-3-22-17(21)14-8-12-6-4-5-7-13(12)9-19(14)16(20)15-11(2)18-10-23-15;1-2-21-17(20)14-10-12-6-3-4-7-13(12)11-18(14)16(19)15-8-5-9-22-15;1-2-20-15(18)12-17(11-13-7-4-3-5-8-13)16(19)14-9-6-10-21-14;1-2-19-16(18)13-17(12-15-9-6-10-20-15)11-14-7-4-3-5-8-14/h4-10,17H,2-3,11-12H2,1H3;4-7,10,14H,3,8-9H2,1-2H3;3-9,14H,2,10-11H2,1H3;3-10H,2,11-12H2,1H3;3-10H,2,11-13H2,1H3. The summed E-state index contributed by atoms with van der Waals surface area (Å²) in [5.41, 5.74) is 9.74. The third-order valence-corrected chi connectivity index (χ3v) is 17.8. The van der Waals surface area contributed by atoms with Crippen LogP contribution in [0.25, 0.3) is 5.70 Å². The van der Waals surface area contributed by atoms with Gasteiger partial charge in [-0.2, -0.15) is 4.39 Å². The van der Waals surface area contributed by atoms with E-state index < -0.39 is 36.0 Å². The first-order valence-corrected chi connectivity index (χ1v) is 36.2. The smallest absolute Gasteiger partial charge is 0.329 e. The molecule has 0 radical (unpaired) electrons. The Bertz CT molecular complexity index is 4630. The van der Waals surface area contributed by atoms with Crippen LogP contribution in [-0.2, 0) is 106 Å². The number of aromatic nitrogens is 2. The van der Waals surface area contributed by atoms with Crippen molar-refractivity contribution in [3.8, 4) is 0 Å². The zero-order valence-electron chi connectivity index (χ0n) is 62.4. The molecule has 0 spiro atoms. The van der Waals surface area contributed by atoms with Crippen LogP contribution in [0.4, 0.5) is 4.39 Å². The van der Waals surface area contributed by atoms with Gasteiger partial charge >= 0.3 is 29.8 Å². The number of esters is 5. The number of carbonyl (C=O) groups is 8. The fourth-order valence-corrected chi connectivity index (χ4v) is 12.5. The zero-order chi connectivity index (χ0) is 78.3. The fourth-order valence-electron chi connectivity index (χ4n) is 12.5. The molecule has 3 unspecified atom stereocenters. The molecule has 0 bridgehead atoms. The summed E-state index contributed by atoms with van der Waals surface area (Å²) in [7, 11) is 0. The van der Waals surface area contributed by atoms with Gasteiger partial charge in [-0.05, 0) is 135 Å². The number of benzene rings is 5. The number of fused-ring (bicyclic) bond motifs is 3. The van der Waals surface area contributed by atoms with E-state index in [1.54, 1.807) is 82.2 Å². The van der Waals surface area contributed by atoms with Crippen LogP contribution in [0.5, 0.6) is 0 Å². The highest BCUT2D eigenvalue weighted by Gasteiger charge is 2.40. The number of furan rings is 3. The van der Waals surface area contributed by atoms with Crippen LogP contribution >= 0.6 is 0 Å². The van der Waals surface area contributed by atoms with Gasteiger partial charge in [-0.25, -0.2) is 24.4 Å². The molecule has 110 heavy (non-hydrogen) atoms. The quantitative estimate of drug-likeness (QED) is 0.0327. The number of halogens is 1. The molecule has 0 saturated heterocycles. The van der Waals surface area contributed by atoms with Crippen LogP contribution in [0.3, 0.4) is 0 Å². The molecular formula is C85H90FN7O17. The molecule has 5 aromatic carbocycles. The minimum absolute atomic E-state index is 0.109. The van der Waals surface area contributed by atoms with Gasteiger partial charge in [0.25, 0.3) is 17.7 Å². The SMILES string of the molecule is C=C(c1cccnc1F)N1Cc2ccccc2CC1C(=O)OCC.CCOC(=O)C1Cc2ccccc2CN1C(=O)c1ccco1.CCOC(=O)C1Cc2ccccc2CN1C(=O)c1ocnc1C.CCOC(=O)CN(Cc1ccccc1)C(=O)c1ccco1.CCOC(=O)CN(Cc1ccccc1)Cc1ccco1. The van der Waals surface area contributed by atoms with Crippen molar-refractivity contribution in [3.05, 3.63) is 305 Å². The van der Waals surface area contributed by atoms with E-state index in [1.807, 2.05) is 157 Å². The Morgan fingerprint density at radius 2 is 0.891 bits per heavy atom. The van der Waals surface area contributed by atoms with E-state index in [0.29, 0.717) is 95.3 Å². The van der Waals surface area contributed by atoms with E-state index in [-0.39, 0.29) is 79.2 Å². The number of oxazole rings is 1. The van der Waals surface area contributed by atoms with E-state index in [2.05, 4.69) is 16.5 Å². The number of rotatable bonds is 23. The van der Waals surface area contributed by atoms with Crippen LogP contribution in [0.15, 0.2) is 238 Å². The second kappa shape index (κ2) is 41.6. The van der Waals surface area contributed by atoms with Crippen molar-refractivity contribution >= 4 is 53.3 Å². The van der Waals surface area contributed by atoms with Crippen LogP contribution in [0.2, 0.25) is 0 Å². The number of pyridine rings is 1. The molecule has 0 fully saturated rings. The molecule has 24 nitrogen and oxygen atoms in total. The van der Waals surface area contributed by atoms with E-state index in [4.69, 9.17) is 41.4 Å². The predicted octanol–water partition coefficient (Wildman–Crippen LogP) is 13.0. The highest BCUT2D eigenvalue weighted by atomic mass is 19.1. The average molecular weight is 1500 g/mol. The van der Waals surface area contributed by atoms with Crippen LogP contribution in [0.1, 0.15) is 128 Å². The molecule has 13 rings (SSSR count). The second-order valence-electron chi connectivity index (χ2n) is 25.2. The Morgan fingerprint density at radius 3 is 1.35 bits per heavy atom. The van der Waals surface area contributed by atoms with Crippen molar-refractivity contribution in [2.75, 3.05) is 46.1 Å². The van der Waals surface area contributed by atoms with E-state index in [0.717, 1.165) is 50.3 Å². The lowest BCUT2D eigenvalue weighted by atomic mass is 9.93. The minimum Gasteiger partial charge on any atom is -0.468 e. The highest BCUT2D eigenvalue weighted by molar-refractivity contribution is 5.97. The van der Waals surface area contributed by atoms with Crippen molar-refractivity contribution in [2.24, 2.45) is 0 Å². The summed E-state index contributed by atoms with van der Waals surface area (Å²) in [6, 6.07) is 54.7. The number of carbonyl (C=O) groups excluding carboxylic acids is 8. The third kappa shape index (κ3) is 22.8. The van der Waals surface area contributed by atoms with Gasteiger partial charge in [0.05, 0.1) is 76.2 Å². The van der Waals surface area contributed by atoms with Gasteiger partial charge in [-0.3, -0.25) is 28.9 Å². The third-order valence-electron chi connectivity index (χ3n) is 17.8. The first-order chi connectivity index (χ1) is 53.4. The lowest BCUT2D eigenvalue weighted by Crippen LogP contribution is -2.49. The molecule has 3 atom stereocenters. The lowest BCUT2D eigenvalue weighted by Gasteiger charge is -2.38. The molecule has 5 aromatic heterocycles. The Morgan fingerprint density at radius 1 is 0.455 bits per heavy atom. The summed E-state index contributed by atoms with van der Waals surface area (Å²) in [6.07, 6.45) is 8.55. The van der Waals surface area contributed by atoms with E-state index in [1.165, 1.54) is 39.8 Å². The summed E-state index contributed by atoms with van der Waals surface area (Å²) in [6.45, 7) is 19.0. The van der Waals surface area contributed by atoms with Crippen molar-refractivity contribution < 1.29 is 84.1 Å². The van der Waals surface area contributed by atoms with E-state index >= 15 is 0 Å². The van der Waals surface area contributed by atoms with Crippen molar-refractivity contribution in [3.63, 3.8) is 0 Å². The first kappa shape index (κ1) is 81.6. The van der Waals surface area contributed by atoms with Gasteiger partial charge in [0.1, 0.15) is 30.4 Å². The molecule has 8 heterocycles. The number of hydrogen-bond donors (Lipinski definition) is 0. The summed E-state index contributed by atoms with van der Waals surface area (Å²) in [5, 5.41) is 0. The number of hydrogen-bond acceptors (Lipinski definition) is 21. The first-order valence-electron chi connectivity index (χ1n) is 36.2. The average Bonchev–Trinajstić information content (AvgIpc) is 1.15. The van der Waals surface area contributed by atoms with Gasteiger partial charge in [-0.1, -0.05) is 140 Å². The van der Waals surface area contributed by atoms with Crippen LogP contribution in [0, 0.1) is 12.9 Å². The summed E-state index contributed by atoms with van der Waals surface area (Å²) < 4.78 is 60.3. The van der Waals surface area contributed by atoms with Crippen molar-refractivity contribution in [1.29, 1.82) is 0 Å². The Kier molecular flexibility index (Phi) is 30.8. The Balaban J connectivity index is 0.000000158. The highest BCUT2D eigenvalue weighted by Crippen LogP contribution is 2.33. The normalized spacial score (nSPS) is 14.4. The topological polar surface area (TPSA) is 277 Å². The van der Waals surface area contributed by atoms with Crippen LogP contribution < -0.4 is 0 Å². The number of nitrogens with zero attached hydrogens (tertiary/aromatic N) is 7. The summed E-state index contributed by atoms with van der Waals surface area (Å²) in [5.74, 6) is -1.87. The summed E-state index contributed by atoms with van der Waals surface area (Å²) in [4.78, 5) is 114. The molecule has 3 aliphatic heterocycles. The molecule has 10 aromatic rings. The molecule has 3 amide bonds. The molecular weight excluding hydrogens is 1410 g/mol. The molecule has 3 aliphatic rings. The maximum Gasteiger partial charge on any atom is 0.329 e. The zero-order valence-corrected chi connectivity index (χ0v) is 62.4. The van der Waals surface area contributed by atoms with Gasteiger partial charge in [0.15, 0.2) is 17.9 Å². The second-order valence-corrected chi connectivity index (χ2v) is 25.2. The Labute approximate surface area is 637 Å². The van der Waals surface area contributed by atoms with Gasteiger partial charge in [-0.15, -0.1) is 0 Å². The summed E-state index contributed by atoms with van der Waals surface area (Å²) >= 11 is 0.